The average molecular weight is 242 g/mol. The average Bonchev–Trinajstić information content (AvgIpc) is 2.73. The van der Waals surface area contributed by atoms with Crippen molar-refractivity contribution in [2.24, 2.45) is 7.05 Å². The zero-order chi connectivity index (χ0) is 13.1. The number of benzene rings is 1. The van der Waals surface area contributed by atoms with Crippen LogP contribution < -0.4 is 4.74 Å². The van der Waals surface area contributed by atoms with Crippen molar-refractivity contribution < 1.29 is 4.74 Å². The summed E-state index contributed by atoms with van der Waals surface area (Å²) in [5, 5.41) is 12.9. The van der Waals surface area contributed by atoms with Gasteiger partial charge in [0.05, 0.1) is 11.6 Å². The third kappa shape index (κ3) is 2.33. The molecule has 0 spiro atoms. The number of aryl methyl sites for hydroxylation is 3. The second-order valence-electron chi connectivity index (χ2n) is 4.14. The molecule has 5 heteroatoms. The molecule has 1 aromatic heterocycles. The number of nitrogens with zero attached hydrogens (tertiary/aromatic N) is 4. The quantitative estimate of drug-likeness (QED) is 0.824. The Hall–Kier alpha value is -2.35. The van der Waals surface area contributed by atoms with E-state index in [9.17, 15) is 0 Å². The van der Waals surface area contributed by atoms with Gasteiger partial charge >= 0.3 is 0 Å². The summed E-state index contributed by atoms with van der Waals surface area (Å²) < 4.78 is 7.43. The fourth-order valence-corrected chi connectivity index (χ4v) is 1.83. The maximum atomic E-state index is 8.88. The van der Waals surface area contributed by atoms with E-state index in [0.717, 1.165) is 22.7 Å². The third-order valence-electron chi connectivity index (χ3n) is 2.74. The van der Waals surface area contributed by atoms with Crippen molar-refractivity contribution in [1.82, 2.24) is 14.8 Å². The molecule has 2 rings (SSSR count). The van der Waals surface area contributed by atoms with Gasteiger partial charge in [0.15, 0.2) is 5.82 Å². The van der Waals surface area contributed by atoms with Gasteiger partial charge in [0, 0.05) is 7.05 Å². The van der Waals surface area contributed by atoms with Crippen LogP contribution in [0.1, 0.15) is 22.5 Å². The van der Waals surface area contributed by atoms with Crippen molar-refractivity contribution in [3.63, 3.8) is 0 Å². The fraction of sp³-hybridized carbons (Fsp3) is 0.308. The lowest BCUT2D eigenvalue weighted by molar-refractivity contribution is 0.286. The number of nitriles is 1. The lowest BCUT2D eigenvalue weighted by atomic mass is 10.1. The molecule has 0 amide bonds. The molecule has 92 valence electrons. The lowest BCUT2D eigenvalue weighted by Gasteiger charge is -2.12. The number of hydrogen-bond acceptors (Lipinski definition) is 4. The molecule has 0 fully saturated rings. The maximum Gasteiger partial charge on any atom is 0.164 e. The van der Waals surface area contributed by atoms with Gasteiger partial charge in [-0.2, -0.15) is 10.4 Å². The number of ether oxygens (including phenoxy) is 1. The second-order valence-corrected chi connectivity index (χ2v) is 4.14. The van der Waals surface area contributed by atoms with E-state index >= 15 is 0 Å². The molecule has 0 unspecified atom stereocenters. The van der Waals surface area contributed by atoms with Gasteiger partial charge in [-0.25, -0.2) is 4.98 Å². The van der Waals surface area contributed by atoms with Gasteiger partial charge in [-0.1, -0.05) is 0 Å². The van der Waals surface area contributed by atoms with Crippen molar-refractivity contribution in [2.45, 2.75) is 20.5 Å². The first-order valence-electron chi connectivity index (χ1n) is 5.59. The van der Waals surface area contributed by atoms with Crippen molar-refractivity contribution in [3.8, 4) is 11.8 Å². The molecule has 0 N–H and O–H groups in total. The van der Waals surface area contributed by atoms with Crippen molar-refractivity contribution >= 4 is 0 Å². The van der Waals surface area contributed by atoms with Gasteiger partial charge in [-0.15, -0.1) is 0 Å². The predicted molar refractivity (Wildman–Crippen MR) is 66.0 cm³/mol. The van der Waals surface area contributed by atoms with Crippen LogP contribution in [0.2, 0.25) is 0 Å². The summed E-state index contributed by atoms with van der Waals surface area (Å²) in [6.45, 7) is 4.23. The van der Waals surface area contributed by atoms with E-state index in [1.54, 1.807) is 4.68 Å². The molecule has 0 saturated carbocycles. The molecule has 1 heterocycles. The van der Waals surface area contributed by atoms with E-state index in [2.05, 4.69) is 16.2 Å². The van der Waals surface area contributed by atoms with Crippen molar-refractivity contribution in [2.75, 3.05) is 0 Å². The van der Waals surface area contributed by atoms with Gasteiger partial charge in [-0.3, -0.25) is 4.68 Å². The van der Waals surface area contributed by atoms with Gasteiger partial charge < -0.3 is 4.74 Å². The topological polar surface area (TPSA) is 63.7 Å². The zero-order valence-electron chi connectivity index (χ0n) is 10.6. The van der Waals surface area contributed by atoms with E-state index in [1.807, 2.05) is 33.0 Å². The minimum absolute atomic E-state index is 0.365. The summed E-state index contributed by atoms with van der Waals surface area (Å²) in [5.41, 5.74) is 2.55. The maximum absolute atomic E-state index is 8.88. The van der Waals surface area contributed by atoms with Gasteiger partial charge in [-0.05, 0) is 37.1 Å². The van der Waals surface area contributed by atoms with Crippen LogP contribution in [-0.2, 0) is 13.7 Å². The number of hydrogen-bond donors (Lipinski definition) is 0. The SMILES string of the molecule is Cc1cc(C#N)cc(C)c1OCc1ncnn1C. The first-order chi connectivity index (χ1) is 8.61. The van der Waals surface area contributed by atoms with Gasteiger partial charge in [0.25, 0.3) is 0 Å². The van der Waals surface area contributed by atoms with Crippen LogP contribution >= 0.6 is 0 Å². The van der Waals surface area contributed by atoms with Crippen LogP contribution in [0.25, 0.3) is 0 Å². The highest BCUT2D eigenvalue weighted by molar-refractivity contribution is 5.47. The highest BCUT2D eigenvalue weighted by Crippen LogP contribution is 2.25. The molecule has 0 radical (unpaired) electrons. The van der Waals surface area contributed by atoms with E-state index in [-0.39, 0.29) is 0 Å². The van der Waals surface area contributed by atoms with Crippen LogP contribution in [0.4, 0.5) is 0 Å². The Morgan fingerprint density at radius 3 is 2.50 bits per heavy atom. The molecule has 0 aliphatic rings. The molecular weight excluding hydrogens is 228 g/mol. The molecule has 2 aromatic rings. The van der Waals surface area contributed by atoms with Crippen LogP contribution in [0.3, 0.4) is 0 Å². The Bertz CT molecular complexity index is 587. The Labute approximate surface area is 106 Å². The molecule has 0 atom stereocenters. The van der Waals surface area contributed by atoms with E-state index in [1.165, 1.54) is 6.33 Å². The standard InChI is InChI=1S/C13H14N4O/c1-9-4-11(6-14)5-10(2)13(9)18-7-12-15-8-16-17(12)3/h4-5,8H,7H2,1-3H3. The first-order valence-corrected chi connectivity index (χ1v) is 5.59. The normalized spacial score (nSPS) is 10.1. The monoisotopic (exact) mass is 242 g/mol. The summed E-state index contributed by atoms with van der Waals surface area (Å²) in [6, 6.07) is 5.77. The summed E-state index contributed by atoms with van der Waals surface area (Å²) in [4.78, 5) is 4.10. The Kier molecular flexibility index (Phi) is 3.28. The van der Waals surface area contributed by atoms with Crippen LogP contribution in [0.15, 0.2) is 18.5 Å². The van der Waals surface area contributed by atoms with Crippen LogP contribution in [-0.4, -0.2) is 14.8 Å². The minimum Gasteiger partial charge on any atom is -0.485 e. The largest absolute Gasteiger partial charge is 0.485 e. The zero-order valence-corrected chi connectivity index (χ0v) is 10.6. The lowest BCUT2D eigenvalue weighted by Crippen LogP contribution is -2.06. The smallest absolute Gasteiger partial charge is 0.164 e. The molecule has 1 aromatic carbocycles. The van der Waals surface area contributed by atoms with Crippen molar-refractivity contribution in [3.05, 3.63) is 41.0 Å². The highest BCUT2D eigenvalue weighted by Gasteiger charge is 2.08. The summed E-state index contributed by atoms with van der Waals surface area (Å²) in [7, 11) is 1.82. The third-order valence-corrected chi connectivity index (χ3v) is 2.74. The van der Waals surface area contributed by atoms with E-state index < -0.39 is 0 Å². The van der Waals surface area contributed by atoms with E-state index in [0.29, 0.717) is 12.2 Å². The number of aromatic nitrogens is 3. The number of rotatable bonds is 3. The Balaban J connectivity index is 2.20. The molecule has 0 bridgehead atoms. The predicted octanol–water partition coefficient (Wildman–Crippen LogP) is 1.88. The van der Waals surface area contributed by atoms with E-state index in [4.69, 9.17) is 10.00 Å². The molecular formula is C13H14N4O. The van der Waals surface area contributed by atoms with Crippen LogP contribution in [0, 0.1) is 25.2 Å². The van der Waals surface area contributed by atoms with Gasteiger partial charge in [0.2, 0.25) is 0 Å². The van der Waals surface area contributed by atoms with Gasteiger partial charge in [0.1, 0.15) is 18.7 Å². The first kappa shape index (κ1) is 12.1. The Morgan fingerprint density at radius 1 is 1.33 bits per heavy atom. The van der Waals surface area contributed by atoms with Crippen LogP contribution in [0.5, 0.6) is 5.75 Å². The highest BCUT2D eigenvalue weighted by atomic mass is 16.5. The van der Waals surface area contributed by atoms with Crippen molar-refractivity contribution in [1.29, 1.82) is 5.26 Å². The molecule has 0 aliphatic carbocycles. The summed E-state index contributed by atoms with van der Waals surface area (Å²) >= 11 is 0. The fourth-order valence-electron chi connectivity index (χ4n) is 1.83. The molecule has 0 saturated heterocycles. The summed E-state index contributed by atoms with van der Waals surface area (Å²) in [6.07, 6.45) is 1.50. The minimum atomic E-state index is 0.365. The molecule has 5 nitrogen and oxygen atoms in total. The Morgan fingerprint density at radius 2 is 2.00 bits per heavy atom. The summed E-state index contributed by atoms with van der Waals surface area (Å²) in [5.74, 6) is 1.56. The second kappa shape index (κ2) is 4.88. The molecule has 18 heavy (non-hydrogen) atoms. The molecule has 0 aliphatic heterocycles.